The van der Waals surface area contributed by atoms with Gasteiger partial charge < -0.3 is 0 Å². The van der Waals surface area contributed by atoms with E-state index in [9.17, 15) is 0 Å². The second-order valence-electron chi connectivity index (χ2n) is 9.52. The van der Waals surface area contributed by atoms with E-state index >= 15 is 0 Å². The lowest BCUT2D eigenvalue weighted by Crippen LogP contribution is -2.16. The van der Waals surface area contributed by atoms with Gasteiger partial charge in [-0.15, -0.1) is 0 Å². The normalized spacial score (nSPS) is 24.3. The van der Waals surface area contributed by atoms with Gasteiger partial charge in [-0.1, -0.05) is 86.5 Å². The summed E-state index contributed by atoms with van der Waals surface area (Å²) in [4.78, 5) is 0. The molecule has 1 fully saturated rings. The molecule has 0 N–H and O–H groups in total. The molecule has 1 unspecified atom stereocenters. The molecule has 2 aromatic carbocycles. The van der Waals surface area contributed by atoms with Crippen molar-refractivity contribution in [2.45, 2.75) is 84.0 Å². The summed E-state index contributed by atoms with van der Waals surface area (Å²) in [5.41, 5.74) is 9.13. The monoisotopic (exact) mass is 398 g/mol. The lowest BCUT2D eigenvalue weighted by atomic mass is 9.73. The van der Waals surface area contributed by atoms with Crippen LogP contribution in [0.25, 0.3) is 0 Å². The molecule has 30 heavy (non-hydrogen) atoms. The zero-order valence-electron chi connectivity index (χ0n) is 19.2. The van der Waals surface area contributed by atoms with Gasteiger partial charge >= 0.3 is 0 Å². The van der Waals surface area contributed by atoms with Gasteiger partial charge in [0.1, 0.15) is 0 Å². The Kier molecular flexibility index (Phi) is 6.93. The topological polar surface area (TPSA) is 0 Å². The average Bonchev–Trinajstić information content (AvgIpc) is 2.80. The first-order valence-corrected chi connectivity index (χ1v) is 12.2. The first-order chi connectivity index (χ1) is 14.7. The summed E-state index contributed by atoms with van der Waals surface area (Å²) in [6.07, 6.45) is 15.1. The smallest absolute Gasteiger partial charge is 0.00833 e. The van der Waals surface area contributed by atoms with E-state index in [1.54, 1.807) is 16.7 Å². The largest absolute Gasteiger partial charge is 0.0801 e. The summed E-state index contributed by atoms with van der Waals surface area (Å²) in [6, 6.07) is 18.8. The van der Waals surface area contributed by atoms with Crippen LogP contribution in [0.2, 0.25) is 0 Å². The molecule has 1 atom stereocenters. The Labute approximate surface area is 184 Å². The quantitative estimate of drug-likeness (QED) is 0.457. The number of benzene rings is 2. The molecule has 0 saturated heterocycles. The van der Waals surface area contributed by atoms with Crippen LogP contribution in [0.1, 0.15) is 93.4 Å². The minimum Gasteiger partial charge on any atom is -0.0801 e. The van der Waals surface area contributed by atoms with Gasteiger partial charge in [-0.2, -0.15) is 0 Å². The predicted octanol–water partition coefficient (Wildman–Crippen LogP) is 8.54. The number of rotatable bonds is 6. The van der Waals surface area contributed by atoms with E-state index in [0.717, 1.165) is 18.3 Å². The van der Waals surface area contributed by atoms with Crippen molar-refractivity contribution in [1.82, 2.24) is 0 Å². The van der Waals surface area contributed by atoms with Gasteiger partial charge in [0.25, 0.3) is 0 Å². The minimum atomic E-state index is 0.567. The first-order valence-electron chi connectivity index (χ1n) is 12.2. The highest BCUT2D eigenvalue weighted by Gasteiger charge is 2.26. The highest BCUT2D eigenvalue weighted by molar-refractivity contribution is 5.40. The van der Waals surface area contributed by atoms with Gasteiger partial charge in [0, 0.05) is 5.92 Å². The Bertz CT molecular complexity index is 871. The van der Waals surface area contributed by atoms with Crippen LogP contribution in [-0.2, 0) is 12.8 Å². The van der Waals surface area contributed by atoms with Gasteiger partial charge in [0.15, 0.2) is 0 Å². The molecule has 0 aromatic heterocycles. The molecule has 1 saturated carbocycles. The van der Waals surface area contributed by atoms with Crippen molar-refractivity contribution in [1.29, 1.82) is 0 Å². The third-order valence-electron chi connectivity index (χ3n) is 7.51. The van der Waals surface area contributed by atoms with Crippen LogP contribution in [0, 0.1) is 5.92 Å². The molecule has 0 nitrogen and oxygen atoms in total. The molecule has 2 aromatic rings. The van der Waals surface area contributed by atoms with Gasteiger partial charge in [-0.05, 0) is 91.5 Å². The van der Waals surface area contributed by atoms with E-state index in [2.05, 4.69) is 81.5 Å². The maximum absolute atomic E-state index is 2.55. The van der Waals surface area contributed by atoms with Crippen molar-refractivity contribution >= 4 is 0 Å². The molecule has 0 aliphatic heterocycles. The van der Waals surface area contributed by atoms with E-state index in [1.165, 1.54) is 61.6 Å². The highest BCUT2D eigenvalue weighted by Crippen LogP contribution is 2.42. The van der Waals surface area contributed by atoms with Crippen LogP contribution in [0.15, 0.2) is 71.8 Å². The second kappa shape index (κ2) is 9.82. The molecular weight excluding hydrogens is 360 g/mol. The van der Waals surface area contributed by atoms with E-state index in [4.69, 9.17) is 0 Å². The van der Waals surface area contributed by atoms with Gasteiger partial charge in [0.05, 0.1) is 0 Å². The van der Waals surface area contributed by atoms with Crippen molar-refractivity contribution in [2.75, 3.05) is 0 Å². The van der Waals surface area contributed by atoms with Crippen LogP contribution in [0.5, 0.6) is 0 Å². The van der Waals surface area contributed by atoms with Crippen molar-refractivity contribution in [2.24, 2.45) is 5.92 Å². The lowest BCUT2D eigenvalue weighted by Gasteiger charge is -2.32. The molecule has 4 rings (SSSR count). The Morgan fingerprint density at radius 3 is 1.93 bits per heavy atom. The van der Waals surface area contributed by atoms with Crippen molar-refractivity contribution < 1.29 is 0 Å². The number of allylic oxidation sites excluding steroid dienone is 4. The summed E-state index contributed by atoms with van der Waals surface area (Å²) in [5, 5.41) is 0. The van der Waals surface area contributed by atoms with Crippen molar-refractivity contribution in [3.8, 4) is 0 Å². The van der Waals surface area contributed by atoms with Gasteiger partial charge in [-0.25, -0.2) is 0 Å². The SMILES string of the molecule is CCCc1ccc(C2CC=C(C3CCC(c4ccc(CC)cc4)CC3)C=C2C)cc1. The molecule has 0 heteroatoms. The van der Waals surface area contributed by atoms with Crippen LogP contribution < -0.4 is 0 Å². The van der Waals surface area contributed by atoms with Crippen LogP contribution in [0.4, 0.5) is 0 Å². The standard InChI is InChI=1S/C30H38/c1-4-6-24-9-13-28(14-10-24)30-20-19-29(21-22(30)3)27-17-15-26(16-18-27)25-11-7-23(5-2)8-12-25/h7-14,19,21,26-27,30H,4-6,15-18,20H2,1-3H3. The molecule has 158 valence electrons. The summed E-state index contributed by atoms with van der Waals surface area (Å²) in [5.74, 6) is 2.09. The molecule has 0 radical (unpaired) electrons. The average molecular weight is 399 g/mol. The second-order valence-corrected chi connectivity index (χ2v) is 9.52. The highest BCUT2D eigenvalue weighted by atomic mass is 14.3. The molecular formula is C30H38. The predicted molar refractivity (Wildman–Crippen MR) is 130 cm³/mol. The fourth-order valence-corrected chi connectivity index (χ4v) is 5.54. The van der Waals surface area contributed by atoms with Crippen LogP contribution in [0.3, 0.4) is 0 Å². The molecule has 0 heterocycles. The Balaban J connectivity index is 1.36. The number of hydrogen-bond donors (Lipinski definition) is 0. The summed E-state index contributed by atoms with van der Waals surface area (Å²) >= 11 is 0. The Morgan fingerprint density at radius 2 is 1.33 bits per heavy atom. The summed E-state index contributed by atoms with van der Waals surface area (Å²) in [6.45, 7) is 6.84. The number of aryl methyl sites for hydroxylation is 2. The molecule has 2 aliphatic rings. The molecule has 0 bridgehead atoms. The maximum Gasteiger partial charge on any atom is 0.00833 e. The third kappa shape index (κ3) is 4.80. The summed E-state index contributed by atoms with van der Waals surface area (Å²) in [7, 11) is 0. The van der Waals surface area contributed by atoms with E-state index < -0.39 is 0 Å². The van der Waals surface area contributed by atoms with Crippen LogP contribution in [-0.4, -0.2) is 0 Å². The zero-order valence-corrected chi connectivity index (χ0v) is 19.2. The van der Waals surface area contributed by atoms with E-state index in [0.29, 0.717) is 5.92 Å². The molecule has 2 aliphatic carbocycles. The van der Waals surface area contributed by atoms with Gasteiger partial charge in [0.2, 0.25) is 0 Å². The summed E-state index contributed by atoms with van der Waals surface area (Å²) < 4.78 is 0. The van der Waals surface area contributed by atoms with Gasteiger partial charge in [-0.3, -0.25) is 0 Å². The molecule has 0 amide bonds. The lowest BCUT2D eigenvalue weighted by molar-refractivity contribution is 0.365. The Morgan fingerprint density at radius 1 is 0.733 bits per heavy atom. The van der Waals surface area contributed by atoms with Crippen molar-refractivity contribution in [3.63, 3.8) is 0 Å². The first kappa shape index (κ1) is 21.2. The molecule has 0 spiro atoms. The third-order valence-corrected chi connectivity index (χ3v) is 7.51. The van der Waals surface area contributed by atoms with E-state index in [1.807, 2.05) is 0 Å². The van der Waals surface area contributed by atoms with E-state index in [-0.39, 0.29) is 0 Å². The fraction of sp³-hybridized carbons (Fsp3) is 0.467. The number of hydrogen-bond acceptors (Lipinski definition) is 0. The maximum atomic E-state index is 2.55. The Hall–Kier alpha value is -2.08. The minimum absolute atomic E-state index is 0.567. The van der Waals surface area contributed by atoms with Crippen LogP contribution >= 0.6 is 0 Å². The fourth-order valence-electron chi connectivity index (χ4n) is 5.54. The zero-order chi connectivity index (χ0) is 20.9. The van der Waals surface area contributed by atoms with Crippen molar-refractivity contribution in [3.05, 3.63) is 94.1 Å².